The van der Waals surface area contributed by atoms with E-state index in [0.717, 1.165) is 21.9 Å². The molecule has 4 aromatic rings. The molecule has 2 heterocycles. The fraction of sp³-hybridized carbons (Fsp3) is 0.182. The molecule has 0 spiro atoms. The Labute approximate surface area is 182 Å². The van der Waals surface area contributed by atoms with Crippen molar-refractivity contribution in [3.8, 4) is 11.1 Å². The number of aromatic amines is 1. The minimum Gasteiger partial charge on any atom is -0.465 e. The van der Waals surface area contributed by atoms with Crippen LogP contribution < -0.4 is 0 Å². The lowest BCUT2D eigenvalue weighted by Gasteiger charge is -2.11. The summed E-state index contributed by atoms with van der Waals surface area (Å²) >= 11 is 3.53. The van der Waals surface area contributed by atoms with E-state index in [1.807, 2.05) is 19.1 Å². The summed E-state index contributed by atoms with van der Waals surface area (Å²) in [5, 5.41) is 1.74. The molecule has 6 nitrogen and oxygen atoms in total. The number of H-pyrrole nitrogens is 1. The first kappa shape index (κ1) is 20.6. The predicted molar refractivity (Wildman–Crippen MR) is 121 cm³/mol. The van der Waals surface area contributed by atoms with Gasteiger partial charge in [-0.15, -0.1) is 0 Å². The topological polar surface area (TPSA) is 89.1 Å². The summed E-state index contributed by atoms with van der Waals surface area (Å²) in [5.74, 6) is -0.485. The van der Waals surface area contributed by atoms with Crippen LogP contribution in [0.5, 0.6) is 0 Å². The van der Waals surface area contributed by atoms with Gasteiger partial charge in [0.25, 0.3) is 0 Å². The number of benzene rings is 2. The van der Waals surface area contributed by atoms with Crippen LogP contribution in [-0.4, -0.2) is 37.2 Å². The van der Waals surface area contributed by atoms with E-state index in [4.69, 9.17) is 4.74 Å². The van der Waals surface area contributed by atoms with Gasteiger partial charge in [0.2, 0.25) is 0 Å². The lowest BCUT2D eigenvalue weighted by molar-refractivity contribution is 0.0600. The van der Waals surface area contributed by atoms with Crippen molar-refractivity contribution in [3.63, 3.8) is 0 Å². The number of nitrogens with one attached hydrogen (secondary N) is 1. The number of sulfone groups is 1. The third-order valence-electron chi connectivity index (χ3n) is 5.09. The zero-order chi connectivity index (χ0) is 21.6. The monoisotopic (exact) mass is 486 g/mol. The molecule has 2 aromatic carbocycles. The maximum absolute atomic E-state index is 12.4. The van der Waals surface area contributed by atoms with Gasteiger partial charge in [-0.25, -0.2) is 18.2 Å². The van der Waals surface area contributed by atoms with Gasteiger partial charge in [0.05, 0.1) is 33.3 Å². The predicted octanol–water partition coefficient (Wildman–Crippen LogP) is 5.03. The number of aromatic nitrogens is 2. The molecule has 0 bridgehead atoms. The first-order valence-corrected chi connectivity index (χ1v) is 11.7. The minimum atomic E-state index is -3.38. The Morgan fingerprint density at radius 1 is 1.23 bits per heavy atom. The van der Waals surface area contributed by atoms with Crippen molar-refractivity contribution >= 4 is 53.7 Å². The van der Waals surface area contributed by atoms with Crippen molar-refractivity contribution in [2.75, 3.05) is 12.9 Å². The van der Waals surface area contributed by atoms with Gasteiger partial charge in [-0.1, -0.05) is 19.1 Å². The largest absolute Gasteiger partial charge is 0.465 e. The average molecular weight is 487 g/mol. The first-order chi connectivity index (χ1) is 14.3. The van der Waals surface area contributed by atoms with E-state index < -0.39 is 15.8 Å². The van der Waals surface area contributed by atoms with Gasteiger partial charge in [0.15, 0.2) is 9.84 Å². The van der Waals surface area contributed by atoms with Crippen LogP contribution in [-0.2, 0) is 14.6 Å². The van der Waals surface area contributed by atoms with E-state index >= 15 is 0 Å². The molecule has 0 radical (unpaired) electrons. The highest BCUT2D eigenvalue weighted by Gasteiger charge is 2.22. The number of halogens is 1. The molecule has 0 saturated heterocycles. The molecule has 154 valence electrons. The Kier molecular flexibility index (Phi) is 5.15. The number of pyridine rings is 1. The van der Waals surface area contributed by atoms with Crippen LogP contribution in [0.25, 0.3) is 33.1 Å². The molecule has 30 heavy (non-hydrogen) atoms. The fourth-order valence-electron chi connectivity index (χ4n) is 3.54. The number of esters is 1. The van der Waals surface area contributed by atoms with Gasteiger partial charge in [-0.3, -0.25) is 0 Å². The summed E-state index contributed by atoms with van der Waals surface area (Å²) in [5.41, 5.74) is 4.12. The van der Waals surface area contributed by atoms with Crippen LogP contribution in [0.1, 0.15) is 22.8 Å². The van der Waals surface area contributed by atoms with E-state index in [9.17, 15) is 13.2 Å². The van der Waals surface area contributed by atoms with Gasteiger partial charge in [0.1, 0.15) is 5.65 Å². The second-order valence-electron chi connectivity index (χ2n) is 6.99. The van der Waals surface area contributed by atoms with Crippen molar-refractivity contribution in [2.45, 2.75) is 18.7 Å². The third-order valence-corrected chi connectivity index (χ3v) is 7.65. The summed E-state index contributed by atoms with van der Waals surface area (Å²) in [6.45, 7) is 3.57. The lowest BCUT2D eigenvalue weighted by Crippen LogP contribution is -2.04. The van der Waals surface area contributed by atoms with Crippen LogP contribution in [0.3, 0.4) is 0 Å². The quantitative estimate of drug-likeness (QED) is 0.408. The van der Waals surface area contributed by atoms with E-state index in [1.54, 1.807) is 37.4 Å². The van der Waals surface area contributed by atoms with E-state index in [1.165, 1.54) is 7.11 Å². The Balaban J connectivity index is 2.14. The number of hydrogen-bond donors (Lipinski definition) is 1. The standard InChI is InChI=1S/C22H19BrN2O4S/c1-4-30(27,28)14-7-5-6-13(9-14)15-10-17(22(26)29-3)19(23)20-18(15)16-8-12(2)11-24-21(16)25-20/h5-11H,4H2,1-3H3,(H,24,25). The average Bonchev–Trinajstić information content (AvgIpc) is 3.13. The van der Waals surface area contributed by atoms with E-state index in [0.29, 0.717) is 26.8 Å². The van der Waals surface area contributed by atoms with Crippen molar-refractivity contribution in [1.29, 1.82) is 0 Å². The Hall–Kier alpha value is -2.71. The minimum absolute atomic E-state index is 0.00973. The van der Waals surface area contributed by atoms with E-state index in [2.05, 4.69) is 25.9 Å². The summed E-state index contributed by atoms with van der Waals surface area (Å²) in [7, 11) is -2.06. The molecule has 0 unspecified atom stereocenters. The van der Waals surface area contributed by atoms with Crippen LogP contribution in [0.15, 0.2) is 52.0 Å². The molecule has 1 N–H and O–H groups in total. The van der Waals surface area contributed by atoms with Crippen molar-refractivity contribution < 1.29 is 17.9 Å². The second-order valence-corrected chi connectivity index (χ2v) is 10.1. The van der Waals surface area contributed by atoms with Gasteiger partial charge >= 0.3 is 5.97 Å². The number of nitrogens with zero attached hydrogens (tertiary/aromatic N) is 1. The number of carbonyl (C=O) groups excluding carboxylic acids is 1. The number of methoxy groups -OCH3 is 1. The van der Waals surface area contributed by atoms with Gasteiger partial charge in [0, 0.05) is 17.0 Å². The number of aryl methyl sites for hydroxylation is 1. The lowest BCUT2D eigenvalue weighted by atomic mass is 9.97. The normalized spacial score (nSPS) is 11.9. The molecule has 0 atom stereocenters. The molecule has 0 aliphatic rings. The SMILES string of the molecule is CCS(=O)(=O)c1cccc(-c2cc(C(=O)OC)c(Br)c3[nH]c4ncc(C)cc4c23)c1. The number of hydrogen-bond acceptors (Lipinski definition) is 5. The Morgan fingerprint density at radius 2 is 2.00 bits per heavy atom. The highest BCUT2D eigenvalue weighted by atomic mass is 79.9. The summed E-state index contributed by atoms with van der Waals surface area (Å²) in [6, 6.07) is 10.5. The maximum atomic E-state index is 12.4. The Morgan fingerprint density at radius 3 is 2.70 bits per heavy atom. The molecule has 4 rings (SSSR count). The number of rotatable bonds is 4. The van der Waals surface area contributed by atoms with Crippen molar-refractivity contribution in [3.05, 3.63) is 58.2 Å². The maximum Gasteiger partial charge on any atom is 0.339 e. The van der Waals surface area contributed by atoms with Gasteiger partial charge < -0.3 is 9.72 Å². The number of fused-ring (bicyclic) bond motifs is 3. The molecule has 0 fully saturated rings. The second kappa shape index (κ2) is 7.52. The molecule has 0 aliphatic carbocycles. The van der Waals surface area contributed by atoms with Gasteiger partial charge in [-0.05, 0) is 63.8 Å². The molecule has 2 aromatic heterocycles. The number of ether oxygens (including phenoxy) is 1. The summed E-state index contributed by atoms with van der Waals surface area (Å²) in [4.78, 5) is 20.4. The van der Waals surface area contributed by atoms with E-state index in [-0.39, 0.29) is 10.6 Å². The molecular weight excluding hydrogens is 468 g/mol. The zero-order valence-corrected chi connectivity index (χ0v) is 19.0. The van der Waals surface area contributed by atoms with Crippen LogP contribution in [0.4, 0.5) is 0 Å². The van der Waals surface area contributed by atoms with Gasteiger partial charge in [-0.2, -0.15) is 0 Å². The molecule has 0 amide bonds. The number of carbonyl (C=O) groups is 1. The molecule has 0 aliphatic heterocycles. The smallest absolute Gasteiger partial charge is 0.339 e. The highest BCUT2D eigenvalue weighted by molar-refractivity contribution is 9.10. The van der Waals surface area contributed by atoms with Crippen LogP contribution in [0.2, 0.25) is 0 Å². The highest BCUT2D eigenvalue weighted by Crippen LogP contribution is 2.40. The molecular formula is C22H19BrN2O4S. The molecule has 8 heteroatoms. The van der Waals surface area contributed by atoms with Crippen molar-refractivity contribution in [2.24, 2.45) is 0 Å². The Bertz CT molecular complexity index is 1420. The summed E-state index contributed by atoms with van der Waals surface area (Å²) in [6.07, 6.45) is 1.76. The first-order valence-electron chi connectivity index (χ1n) is 9.29. The molecule has 0 saturated carbocycles. The third kappa shape index (κ3) is 3.30. The van der Waals surface area contributed by atoms with Crippen LogP contribution in [0, 0.1) is 6.92 Å². The van der Waals surface area contributed by atoms with Crippen molar-refractivity contribution in [1.82, 2.24) is 9.97 Å². The zero-order valence-electron chi connectivity index (χ0n) is 16.6. The fourth-order valence-corrected chi connectivity index (χ4v) is 5.04. The summed E-state index contributed by atoms with van der Waals surface area (Å²) < 4.78 is 30.4. The van der Waals surface area contributed by atoms with Crippen LogP contribution >= 0.6 is 15.9 Å².